The Balaban J connectivity index is 2.88. The Kier molecular flexibility index (Phi) is 7.83. The quantitative estimate of drug-likeness (QED) is 0.398. The first-order valence-corrected chi connectivity index (χ1v) is 9.02. The molecule has 1 amide bonds. The summed E-state index contributed by atoms with van der Waals surface area (Å²) >= 11 is 0. The van der Waals surface area contributed by atoms with Crippen LogP contribution in [0.25, 0.3) is 0 Å². The molecular formula is C18H31N5O5. The zero-order valence-corrected chi connectivity index (χ0v) is 17.6. The smallest absolute Gasteiger partial charge is 0.408 e. The lowest BCUT2D eigenvalue weighted by Gasteiger charge is -2.24. The molecule has 0 aromatic carbocycles. The van der Waals surface area contributed by atoms with Crippen LogP contribution in [0.3, 0.4) is 0 Å². The molecule has 0 saturated heterocycles. The van der Waals surface area contributed by atoms with Gasteiger partial charge in [0.15, 0.2) is 12.4 Å². The maximum Gasteiger partial charge on any atom is 0.408 e. The number of amides is 1. The summed E-state index contributed by atoms with van der Waals surface area (Å²) < 4.78 is 7.53. The van der Waals surface area contributed by atoms with Crippen molar-refractivity contribution in [2.45, 2.75) is 59.3 Å². The monoisotopic (exact) mass is 397 g/mol. The van der Waals surface area contributed by atoms with Crippen LogP contribution in [-0.2, 0) is 30.3 Å². The number of carbonyl (C=O) groups is 1. The highest BCUT2D eigenvalue weighted by Gasteiger charge is 2.23. The van der Waals surface area contributed by atoms with Gasteiger partial charge in [0.1, 0.15) is 5.60 Å². The lowest BCUT2D eigenvalue weighted by atomic mass is 10.0. The normalized spacial score (nSPS) is 13.4. The van der Waals surface area contributed by atoms with Gasteiger partial charge < -0.3 is 20.6 Å². The van der Waals surface area contributed by atoms with Gasteiger partial charge in [-0.3, -0.25) is 13.9 Å². The number of oxime groups is 1. The Hall–Kier alpha value is -2.78. The second kappa shape index (κ2) is 9.43. The van der Waals surface area contributed by atoms with E-state index in [4.69, 9.17) is 15.3 Å². The minimum absolute atomic E-state index is 0.0633. The van der Waals surface area contributed by atoms with Crippen molar-refractivity contribution in [2.75, 3.05) is 0 Å². The van der Waals surface area contributed by atoms with Crippen LogP contribution in [0.15, 0.2) is 20.8 Å². The maximum absolute atomic E-state index is 12.0. The standard InChI is InChI=1S/C18H31N5O5/c1-11(2)8-13(20-16(25)28-18(3,4)5)15(19)21-27-10-12-9-14(24)23(7)17(26)22(12)6/h9,11,13H,8,10H2,1-7H3,(H2,19,21)(H,20,25). The lowest BCUT2D eigenvalue weighted by molar-refractivity contribution is 0.0512. The van der Waals surface area contributed by atoms with E-state index in [1.54, 1.807) is 20.8 Å². The van der Waals surface area contributed by atoms with E-state index in [0.29, 0.717) is 12.1 Å². The van der Waals surface area contributed by atoms with Crippen LogP contribution >= 0.6 is 0 Å². The summed E-state index contributed by atoms with van der Waals surface area (Å²) in [7, 11) is 2.92. The van der Waals surface area contributed by atoms with Crippen LogP contribution in [0.1, 0.15) is 46.7 Å². The number of carbonyl (C=O) groups excluding carboxylic acids is 1. The second-order valence-electron chi connectivity index (χ2n) is 7.99. The fourth-order valence-corrected chi connectivity index (χ4v) is 2.33. The van der Waals surface area contributed by atoms with E-state index in [0.717, 1.165) is 4.57 Å². The Morgan fingerprint density at radius 3 is 2.39 bits per heavy atom. The van der Waals surface area contributed by atoms with Crippen molar-refractivity contribution in [2.24, 2.45) is 30.9 Å². The van der Waals surface area contributed by atoms with Gasteiger partial charge in [0.25, 0.3) is 5.56 Å². The highest BCUT2D eigenvalue weighted by Crippen LogP contribution is 2.10. The van der Waals surface area contributed by atoms with Crippen LogP contribution in [0.5, 0.6) is 0 Å². The largest absolute Gasteiger partial charge is 0.444 e. The molecule has 0 aliphatic rings. The van der Waals surface area contributed by atoms with Crippen molar-refractivity contribution in [3.63, 3.8) is 0 Å². The zero-order chi connectivity index (χ0) is 21.6. The number of nitrogens with two attached hydrogens (primary N) is 1. The van der Waals surface area contributed by atoms with Gasteiger partial charge in [-0.15, -0.1) is 0 Å². The molecule has 3 N–H and O–H groups in total. The average Bonchev–Trinajstić information content (AvgIpc) is 2.54. The topological polar surface area (TPSA) is 130 Å². The summed E-state index contributed by atoms with van der Waals surface area (Å²) in [6.07, 6.45) is -0.0762. The Labute approximate surface area is 164 Å². The number of nitrogens with zero attached hydrogens (tertiary/aromatic N) is 3. The summed E-state index contributed by atoms with van der Waals surface area (Å²) in [6, 6.07) is 0.708. The molecular weight excluding hydrogens is 366 g/mol. The highest BCUT2D eigenvalue weighted by atomic mass is 16.6. The number of alkyl carbamates (subject to hydrolysis) is 1. The summed E-state index contributed by atoms with van der Waals surface area (Å²) in [6.45, 7) is 9.13. The third kappa shape index (κ3) is 7.09. The first kappa shape index (κ1) is 23.3. The van der Waals surface area contributed by atoms with Crippen molar-refractivity contribution in [3.05, 3.63) is 32.6 Å². The van der Waals surface area contributed by atoms with E-state index in [9.17, 15) is 14.4 Å². The van der Waals surface area contributed by atoms with Gasteiger partial charge >= 0.3 is 11.8 Å². The molecule has 0 saturated carbocycles. The van der Waals surface area contributed by atoms with Crippen LogP contribution in [0.4, 0.5) is 4.79 Å². The third-order valence-corrected chi connectivity index (χ3v) is 3.76. The molecule has 1 heterocycles. The minimum atomic E-state index is -0.640. The first-order chi connectivity index (χ1) is 12.8. The van der Waals surface area contributed by atoms with Gasteiger partial charge in [0.05, 0.1) is 11.7 Å². The number of amidine groups is 1. The van der Waals surface area contributed by atoms with Gasteiger partial charge in [0.2, 0.25) is 0 Å². The highest BCUT2D eigenvalue weighted by molar-refractivity contribution is 5.88. The van der Waals surface area contributed by atoms with E-state index in [1.807, 2.05) is 13.8 Å². The maximum atomic E-state index is 12.0. The zero-order valence-electron chi connectivity index (χ0n) is 17.6. The molecule has 1 aromatic rings. The molecule has 10 heteroatoms. The molecule has 10 nitrogen and oxygen atoms in total. The van der Waals surface area contributed by atoms with E-state index in [-0.39, 0.29) is 18.4 Å². The SMILES string of the molecule is CC(C)CC(NC(=O)OC(C)(C)C)/C(N)=N/OCc1cc(=O)n(C)c(=O)n1C. The molecule has 0 bridgehead atoms. The molecule has 0 radical (unpaired) electrons. The number of ether oxygens (including phenoxy) is 1. The van der Waals surface area contributed by atoms with Gasteiger partial charge in [0, 0.05) is 20.2 Å². The fourth-order valence-electron chi connectivity index (χ4n) is 2.33. The van der Waals surface area contributed by atoms with Crippen molar-refractivity contribution in [3.8, 4) is 0 Å². The fraction of sp³-hybridized carbons (Fsp3) is 0.667. The van der Waals surface area contributed by atoms with Crippen LogP contribution in [-0.4, -0.2) is 32.7 Å². The van der Waals surface area contributed by atoms with E-state index >= 15 is 0 Å². The van der Waals surface area contributed by atoms with Gasteiger partial charge in [-0.2, -0.15) is 0 Å². The summed E-state index contributed by atoms with van der Waals surface area (Å²) in [5.74, 6) is 0.292. The number of hydrogen-bond donors (Lipinski definition) is 2. The number of rotatable bonds is 7. The summed E-state index contributed by atoms with van der Waals surface area (Å²) in [4.78, 5) is 40.9. The summed E-state index contributed by atoms with van der Waals surface area (Å²) in [5, 5.41) is 6.53. The Bertz CT molecular complexity index is 832. The molecule has 0 fully saturated rings. The lowest BCUT2D eigenvalue weighted by Crippen LogP contribution is -2.47. The summed E-state index contributed by atoms with van der Waals surface area (Å²) in [5.41, 5.74) is 4.79. The molecule has 1 atom stereocenters. The van der Waals surface area contributed by atoms with E-state index < -0.39 is 29.0 Å². The third-order valence-electron chi connectivity index (χ3n) is 3.76. The van der Waals surface area contributed by atoms with Crippen LogP contribution < -0.4 is 22.3 Å². The number of aromatic nitrogens is 2. The first-order valence-electron chi connectivity index (χ1n) is 9.02. The molecule has 158 valence electrons. The van der Waals surface area contributed by atoms with Gasteiger partial charge in [-0.25, -0.2) is 9.59 Å². The van der Waals surface area contributed by atoms with Gasteiger partial charge in [-0.1, -0.05) is 19.0 Å². The van der Waals surface area contributed by atoms with Gasteiger partial charge in [-0.05, 0) is 33.1 Å². The second-order valence-corrected chi connectivity index (χ2v) is 7.99. The predicted molar refractivity (Wildman–Crippen MR) is 106 cm³/mol. The Morgan fingerprint density at radius 2 is 1.86 bits per heavy atom. The molecule has 1 rings (SSSR count). The molecule has 0 aliphatic heterocycles. The van der Waals surface area contributed by atoms with Crippen molar-refractivity contribution < 1.29 is 14.4 Å². The molecule has 1 unspecified atom stereocenters. The average molecular weight is 397 g/mol. The molecule has 0 aliphatic carbocycles. The predicted octanol–water partition coefficient (Wildman–Crippen LogP) is 0.812. The van der Waals surface area contributed by atoms with Crippen molar-refractivity contribution in [1.29, 1.82) is 0 Å². The number of nitrogens with one attached hydrogen (secondary N) is 1. The van der Waals surface area contributed by atoms with Crippen LogP contribution in [0.2, 0.25) is 0 Å². The van der Waals surface area contributed by atoms with Crippen molar-refractivity contribution >= 4 is 11.9 Å². The van der Waals surface area contributed by atoms with E-state index in [2.05, 4.69) is 10.5 Å². The molecule has 28 heavy (non-hydrogen) atoms. The van der Waals surface area contributed by atoms with Crippen molar-refractivity contribution in [1.82, 2.24) is 14.5 Å². The van der Waals surface area contributed by atoms with Crippen LogP contribution in [0, 0.1) is 5.92 Å². The molecule has 0 spiro atoms. The minimum Gasteiger partial charge on any atom is -0.444 e. The Morgan fingerprint density at radius 1 is 1.25 bits per heavy atom. The number of hydrogen-bond acceptors (Lipinski definition) is 6. The van der Waals surface area contributed by atoms with E-state index in [1.165, 1.54) is 24.7 Å². The molecule has 1 aromatic heterocycles.